The van der Waals surface area contributed by atoms with Gasteiger partial charge in [0.05, 0.1) is 17.1 Å². The minimum Gasteiger partial charge on any atom is -0.506 e. The second-order valence-corrected chi connectivity index (χ2v) is 3.12. The number of ketones is 1. The maximum absolute atomic E-state index is 11.3. The molecular weight excluding hydrogens is 190 g/mol. The third-order valence-corrected chi connectivity index (χ3v) is 2.11. The highest BCUT2D eigenvalue weighted by atomic mass is 35.5. The lowest BCUT2D eigenvalue weighted by Gasteiger charge is -2.06. The van der Waals surface area contributed by atoms with Crippen molar-refractivity contribution in [1.29, 1.82) is 0 Å². The molecule has 0 saturated carbocycles. The van der Waals surface area contributed by atoms with Gasteiger partial charge in [0.25, 0.3) is 0 Å². The van der Waals surface area contributed by atoms with Crippen LogP contribution in [0.25, 0.3) is 0 Å². The van der Waals surface area contributed by atoms with Gasteiger partial charge in [-0.1, -0.05) is 17.7 Å². The van der Waals surface area contributed by atoms with Gasteiger partial charge in [-0.05, 0) is 18.6 Å². The summed E-state index contributed by atoms with van der Waals surface area (Å²) in [4.78, 5) is 11.3. The van der Waals surface area contributed by atoms with Crippen molar-refractivity contribution in [2.24, 2.45) is 5.73 Å². The van der Waals surface area contributed by atoms with Crippen LogP contribution in [-0.2, 0) is 0 Å². The Hall–Kier alpha value is -1.06. The average molecular weight is 200 g/mol. The standard InChI is InChI=1S/C9H10ClNO2/c1-5-2-3-6(10)9(13)8(5)7(12)4-11/h2-3,13H,4,11H2,1H3. The van der Waals surface area contributed by atoms with E-state index in [1.54, 1.807) is 19.1 Å². The van der Waals surface area contributed by atoms with E-state index < -0.39 is 0 Å². The zero-order chi connectivity index (χ0) is 10.0. The molecule has 4 heteroatoms. The number of benzene rings is 1. The molecule has 0 saturated heterocycles. The molecular formula is C9H10ClNO2. The Morgan fingerprint density at radius 3 is 2.77 bits per heavy atom. The quantitative estimate of drug-likeness (QED) is 0.710. The van der Waals surface area contributed by atoms with Crippen molar-refractivity contribution >= 4 is 17.4 Å². The number of carbonyl (C=O) groups is 1. The van der Waals surface area contributed by atoms with Crippen LogP contribution in [-0.4, -0.2) is 17.4 Å². The molecule has 0 atom stereocenters. The lowest BCUT2D eigenvalue weighted by Crippen LogP contribution is -2.15. The molecule has 1 aromatic carbocycles. The molecule has 3 N–H and O–H groups in total. The molecule has 0 heterocycles. The van der Waals surface area contributed by atoms with E-state index in [2.05, 4.69) is 0 Å². The summed E-state index contributed by atoms with van der Waals surface area (Å²) >= 11 is 5.64. The number of rotatable bonds is 2. The number of aryl methyl sites for hydroxylation is 1. The lowest BCUT2D eigenvalue weighted by atomic mass is 10.0. The first-order valence-corrected chi connectivity index (χ1v) is 4.17. The Labute approximate surface area is 81.1 Å². The number of hydrogen-bond donors (Lipinski definition) is 2. The van der Waals surface area contributed by atoms with Gasteiger partial charge in [0.1, 0.15) is 5.75 Å². The summed E-state index contributed by atoms with van der Waals surface area (Å²) in [6, 6.07) is 3.21. The molecule has 0 radical (unpaired) electrons. The smallest absolute Gasteiger partial charge is 0.180 e. The number of carbonyl (C=O) groups excluding carboxylic acids is 1. The number of aromatic hydroxyl groups is 1. The number of phenolic OH excluding ortho intramolecular Hbond substituents is 1. The summed E-state index contributed by atoms with van der Waals surface area (Å²) in [5, 5.41) is 9.64. The SMILES string of the molecule is Cc1ccc(Cl)c(O)c1C(=O)CN. The fourth-order valence-corrected chi connectivity index (χ4v) is 1.28. The zero-order valence-corrected chi connectivity index (χ0v) is 7.93. The van der Waals surface area contributed by atoms with Crippen LogP contribution >= 0.6 is 11.6 Å². The van der Waals surface area contributed by atoms with Gasteiger partial charge in [0.15, 0.2) is 5.78 Å². The van der Waals surface area contributed by atoms with Gasteiger partial charge in [0.2, 0.25) is 0 Å². The Balaban J connectivity index is 3.33. The minimum absolute atomic E-state index is 0.130. The van der Waals surface area contributed by atoms with Crippen LogP contribution in [0.1, 0.15) is 15.9 Å². The van der Waals surface area contributed by atoms with E-state index in [0.29, 0.717) is 5.56 Å². The van der Waals surface area contributed by atoms with Crippen LogP contribution in [0.2, 0.25) is 5.02 Å². The summed E-state index contributed by atoms with van der Waals surface area (Å²) in [7, 11) is 0. The molecule has 1 aromatic rings. The van der Waals surface area contributed by atoms with E-state index in [4.69, 9.17) is 17.3 Å². The molecule has 0 fully saturated rings. The Morgan fingerprint density at radius 1 is 1.62 bits per heavy atom. The highest BCUT2D eigenvalue weighted by Crippen LogP contribution is 2.29. The number of nitrogens with two attached hydrogens (primary N) is 1. The molecule has 0 aliphatic rings. The van der Waals surface area contributed by atoms with Crippen molar-refractivity contribution in [3.63, 3.8) is 0 Å². The molecule has 0 spiro atoms. The number of hydrogen-bond acceptors (Lipinski definition) is 3. The highest BCUT2D eigenvalue weighted by Gasteiger charge is 2.14. The monoisotopic (exact) mass is 199 g/mol. The van der Waals surface area contributed by atoms with Crippen LogP contribution in [0.3, 0.4) is 0 Å². The third-order valence-electron chi connectivity index (χ3n) is 1.80. The topological polar surface area (TPSA) is 63.3 Å². The Morgan fingerprint density at radius 2 is 2.23 bits per heavy atom. The van der Waals surface area contributed by atoms with E-state index in [9.17, 15) is 9.90 Å². The van der Waals surface area contributed by atoms with E-state index in [0.717, 1.165) is 0 Å². The first-order valence-electron chi connectivity index (χ1n) is 3.79. The molecule has 3 nitrogen and oxygen atoms in total. The maximum Gasteiger partial charge on any atom is 0.180 e. The predicted molar refractivity (Wildman–Crippen MR) is 51.2 cm³/mol. The van der Waals surface area contributed by atoms with Crippen molar-refractivity contribution in [2.75, 3.05) is 6.54 Å². The number of halogens is 1. The Bertz CT molecular complexity index is 350. The van der Waals surface area contributed by atoms with Gasteiger partial charge >= 0.3 is 0 Å². The van der Waals surface area contributed by atoms with Gasteiger partial charge in [0, 0.05) is 0 Å². The van der Waals surface area contributed by atoms with Crippen molar-refractivity contribution in [3.05, 3.63) is 28.3 Å². The predicted octanol–water partition coefficient (Wildman–Crippen LogP) is 1.50. The van der Waals surface area contributed by atoms with Crippen LogP contribution in [0.4, 0.5) is 0 Å². The molecule has 0 aliphatic carbocycles. The van der Waals surface area contributed by atoms with E-state index in [-0.39, 0.29) is 28.7 Å². The van der Waals surface area contributed by atoms with Gasteiger partial charge in [-0.25, -0.2) is 0 Å². The molecule has 0 aromatic heterocycles. The van der Waals surface area contributed by atoms with Gasteiger partial charge in [-0.15, -0.1) is 0 Å². The largest absolute Gasteiger partial charge is 0.506 e. The summed E-state index contributed by atoms with van der Waals surface area (Å²) in [5.74, 6) is -0.491. The Kier molecular flexibility index (Phi) is 2.90. The average Bonchev–Trinajstić information content (AvgIpc) is 2.12. The molecule has 0 amide bonds. The first-order chi connectivity index (χ1) is 6.07. The minimum atomic E-state index is -0.308. The second-order valence-electron chi connectivity index (χ2n) is 2.72. The molecule has 0 aliphatic heterocycles. The van der Waals surface area contributed by atoms with Gasteiger partial charge < -0.3 is 10.8 Å². The fraction of sp³-hybridized carbons (Fsp3) is 0.222. The molecule has 0 unspecified atom stereocenters. The summed E-state index contributed by atoms with van der Waals surface area (Å²) < 4.78 is 0. The van der Waals surface area contributed by atoms with E-state index >= 15 is 0 Å². The van der Waals surface area contributed by atoms with Gasteiger partial charge in [-0.3, -0.25) is 4.79 Å². The van der Waals surface area contributed by atoms with E-state index in [1.807, 2.05) is 0 Å². The number of phenols is 1. The van der Waals surface area contributed by atoms with Crippen molar-refractivity contribution in [3.8, 4) is 5.75 Å². The lowest BCUT2D eigenvalue weighted by molar-refractivity contribution is 0.0998. The van der Waals surface area contributed by atoms with Crippen molar-refractivity contribution < 1.29 is 9.90 Å². The molecule has 1 rings (SSSR count). The second kappa shape index (κ2) is 3.77. The van der Waals surface area contributed by atoms with Crippen LogP contribution in [0, 0.1) is 6.92 Å². The molecule has 13 heavy (non-hydrogen) atoms. The van der Waals surface area contributed by atoms with Crippen LogP contribution in [0.15, 0.2) is 12.1 Å². The number of Topliss-reactive ketones (excluding diaryl/α,β-unsaturated/α-hetero) is 1. The summed E-state index contributed by atoms with van der Waals surface area (Å²) in [6.07, 6.45) is 0. The maximum atomic E-state index is 11.3. The summed E-state index contributed by atoms with van der Waals surface area (Å²) in [6.45, 7) is 1.59. The van der Waals surface area contributed by atoms with Crippen LogP contribution < -0.4 is 5.73 Å². The third kappa shape index (κ3) is 1.82. The molecule has 70 valence electrons. The zero-order valence-electron chi connectivity index (χ0n) is 7.17. The highest BCUT2D eigenvalue weighted by molar-refractivity contribution is 6.32. The molecule has 0 bridgehead atoms. The first kappa shape index (κ1) is 10.0. The van der Waals surface area contributed by atoms with Crippen molar-refractivity contribution in [1.82, 2.24) is 0 Å². The van der Waals surface area contributed by atoms with Crippen LogP contribution in [0.5, 0.6) is 5.75 Å². The fourth-order valence-electron chi connectivity index (χ4n) is 1.12. The van der Waals surface area contributed by atoms with E-state index in [1.165, 1.54) is 0 Å². The summed E-state index contributed by atoms with van der Waals surface area (Å²) in [5.41, 5.74) is 6.08. The normalized spacial score (nSPS) is 10.1. The van der Waals surface area contributed by atoms with Crippen molar-refractivity contribution in [2.45, 2.75) is 6.92 Å². The van der Waals surface area contributed by atoms with Gasteiger partial charge in [-0.2, -0.15) is 0 Å².